The van der Waals surface area contributed by atoms with Crippen molar-refractivity contribution in [1.29, 1.82) is 0 Å². The molecule has 4 aliphatic rings. The van der Waals surface area contributed by atoms with Crippen LogP contribution in [0.15, 0.2) is 24.3 Å². The standard InChI is InChI=1S/C20H27NO/c1-3-15-8-14-9-17-10-16(6-7-21(12-14)20(15)17)19-11-18(22)5-4-13(19)2/h4-5,10-11,14-15,17,20,22H,3,6-9,12H2,1-2H3. The number of hydrogen-bond donors (Lipinski definition) is 1. The second-order valence-electron chi connectivity index (χ2n) is 7.60. The van der Waals surface area contributed by atoms with E-state index in [0.29, 0.717) is 5.75 Å². The van der Waals surface area contributed by atoms with Gasteiger partial charge < -0.3 is 5.11 Å². The molecule has 118 valence electrons. The number of fused-ring (bicyclic) bond motifs is 1. The predicted octanol–water partition coefficient (Wildman–Crippen LogP) is 4.22. The number of phenols is 1. The Hall–Kier alpha value is -1.28. The van der Waals surface area contributed by atoms with Gasteiger partial charge in [0.2, 0.25) is 0 Å². The average Bonchev–Trinajstić information content (AvgIpc) is 2.66. The van der Waals surface area contributed by atoms with E-state index in [-0.39, 0.29) is 0 Å². The second kappa shape index (κ2) is 5.42. The predicted molar refractivity (Wildman–Crippen MR) is 90.8 cm³/mol. The first-order valence-electron chi connectivity index (χ1n) is 8.90. The molecule has 2 saturated heterocycles. The second-order valence-corrected chi connectivity index (χ2v) is 7.60. The Bertz CT molecular complexity index is 606. The van der Waals surface area contributed by atoms with Gasteiger partial charge in [-0.05, 0) is 72.8 Å². The van der Waals surface area contributed by atoms with Crippen LogP contribution in [0.1, 0.15) is 43.7 Å². The summed E-state index contributed by atoms with van der Waals surface area (Å²) in [7, 11) is 0. The molecule has 0 aromatic heterocycles. The van der Waals surface area contributed by atoms with Gasteiger partial charge in [0, 0.05) is 19.1 Å². The smallest absolute Gasteiger partial charge is 0.116 e. The van der Waals surface area contributed by atoms with E-state index in [0.717, 1.165) is 30.2 Å². The van der Waals surface area contributed by atoms with Gasteiger partial charge in [0.25, 0.3) is 0 Å². The van der Waals surface area contributed by atoms with E-state index in [2.05, 4.69) is 24.8 Å². The fourth-order valence-corrected chi connectivity index (χ4v) is 5.31. The third-order valence-electron chi connectivity index (χ3n) is 6.25. The van der Waals surface area contributed by atoms with Crippen LogP contribution in [0.4, 0.5) is 0 Å². The summed E-state index contributed by atoms with van der Waals surface area (Å²) in [5.74, 6) is 2.90. The molecule has 3 heterocycles. The minimum absolute atomic E-state index is 0.391. The number of aromatic hydroxyl groups is 1. The number of piperidine rings is 2. The lowest BCUT2D eigenvalue weighted by molar-refractivity contribution is -0.0235. The van der Waals surface area contributed by atoms with Crippen molar-refractivity contribution in [2.24, 2.45) is 17.8 Å². The maximum Gasteiger partial charge on any atom is 0.116 e. The van der Waals surface area contributed by atoms with E-state index in [4.69, 9.17) is 0 Å². The van der Waals surface area contributed by atoms with Gasteiger partial charge in [-0.15, -0.1) is 0 Å². The number of benzene rings is 1. The molecule has 1 aliphatic carbocycles. The van der Waals surface area contributed by atoms with Crippen LogP contribution in [0.3, 0.4) is 0 Å². The molecule has 0 spiro atoms. The van der Waals surface area contributed by atoms with Crippen molar-refractivity contribution < 1.29 is 5.11 Å². The summed E-state index contributed by atoms with van der Waals surface area (Å²) in [6.45, 7) is 7.03. The highest BCUT2D eigenvalue weighted by Gasteiger charge is 2.45. The Morgan fingerprint density at radius 2 is 2.14 bits per heavy atom. The molecule has 5 rings (SSSR count). The quantitative estimate of drug-likeness (QED) is 0.883. The zero-order chi connectivity index (χ0) is 15.3. The van der Waals surface area contributed by atoms with Crippen molar-refractivity contribution in [2.45, 2.75) is 45.6 Å². The molecule has 2 nitrogen and oxygen atoms in total. The van der Waals surface area contributed by atoms with Gasteiger partial charge in [-0.2, -0.15) is 0 Å². The zero-order valence-corrected chi connectivity index (χ0v) is 13.8. The summed E-state index contributed by atoms with van der Waals surface area (Å²) < 4.78 is 0. The summed E-state index contributed by atoms with van der Waals surface area (Å²) in [5.41, 5.74) is 4.01. The average molecular weight is 297 g/mol. The number of phenolic OH excluding ortho intramolecular Hbond substituents is 1. The Morgan fingerprint density at radius 3 is 2.95 bits per heavy atom. The van der Waals surface area contributed by atoms with Crippen LogP contribution in [0.25, 0.3) is 5.57 Å². The molecule has 4 bridgehead atoms. The maximum absolute atomic E-state index is 9.87. The van der Waals surface area contributed by atoms with Crippen LogP contribution in [-0.4, -0.2) is 29.1 Å². The molecule has 5 atom stereocenters. The van der Waals surface area contributed by atoms with E-state index in [1.165, 1.54) is 49.1 Å². The van der Waals surface area contributed by atoms with E-state index >= 15 is 0 Å². The normalized spacial score (nSPS) is 36.8. The van der Waals surface area contributed by atoms with E-state index in [1.807, 2.05) is 12.1 Å². The third-order valence-corrected chi connectivity index (χ3v) is 6.25. The third kappa shape index (κ3) is 2.28. The lowest BCUT2D eigenvalue weighted by Crippen LogP contribution is -2.56. The summed E-state index contributed by atoms with van der Waals surface area (Å²) in [6, 6.07) is 6.57. The highest BCUT2D eigenvalue weighted by molar-refractivity contribution is 5.70. The summed E-state index contributed by atoms with van der Waals surface area (Å²) in [4.78, 5) is 2.78. The van der Waals surface area contributed by atoms with Crippen LogP contribution >= 0.6 is 0 Å². The van der Waals surface area contributed by atoms with Crippen LogP contribution in [0.5, 0.6) is 5.75 Å². The molecule has 0 radical (unpaired) electrons. The monoisotopic (exact) mass is 297 g/mol. The molecule has 3 aliphatic heterocycles. The summed E-state index contributed by atoms with van der Waals surface area (Å²) in [5, 5.41) is 9.87. The minimum Gasteiger partial charge on any atom is -0.508 e. The van der Waals surface area contributed by atoms with Crippen LogP contribution < -0.4 is 0 Å². The lowest BCUT2D eigenvalue weighted by atomic mass is 9.66. The number of hydrogen-bond acceptors (Lipinski definition) is 2. The molecule has 1 aromatic rings. The Morgan fingerprint density at radius 1 is 1.27 bits per heavy atom. The van der Waals surface area contributed by atoms with E-state index < -0.39 is 0 Å². The fourth-order valence-electron chi connectivity index (χ4n) is 5.31. The van der Waals surface area contributed by atoms with Gasteiger partial charge in [0.1, 0.15) is 5.75 Å². The molecule has 1 aromatic carbocycles. The SMILES string of the molecule is CCC1CC2CC3C=C(c4cc(O)ccc4C)CCN(C2)C31. The van der Waals surface area contributed by atoms with Crippen LogP contribution in [0, 0.1) is 24.7 Å². The summed E-state index contributed by atoms with van der Waals surface area (Å²) >= 11 is 0. The lowest BCUT2D eigenvalue weighted by Gasteiger charge is -2.53. The number of rotatable bonds is 2. The fraction of sp³-hybridized carbons (Fsp3) is 0.600. The van der Waals surface area contributed by atoms with Crippen molar-refractivity contribution in [3.8, 4) is 5.75 Å². The van der Waals surface area contributed by atoms with Crippen molar-refractivity contribution in [3.63, 3.8) is 0 Å². The molecule has 2 heteroatoms. The maximum atomic E-state index is 9.87. The van der Waals surface area contributed by atoms with Crippen LogP contribution in [-0.2, 0) is 0 Å². The molecule has 1 saturated carbocycles. The first-order valence-corrected chi connectivity index (χ1v) is 8.90. The Balaban J connectivity index is 1.71. The molecule has 3 fully saturated rings. The molecule has 22 heavy (non-hydrogen) atoms. The topological polar surface area (TPSA) is 23.5 Å². The highest BCUT2D eigenvalue weighted by Crippen LogP contribution is 2.47. The number of nitrogens with zero attached hydrogens (tertiary/aromatic N) is 1. The van der Waals surface area contributed by atoms with E-state index in [9.17, 15) is 5.11 Å². The van der Waals surface area contributed by atoms with Crippen molar-refractivity contribution >= 4 is 5.57 Å². The first kappa shape index (κ1) is 14.3. The minimum atomic E-state index is 0.391. The Kier molecular flexibility index (Phi) is 3.53. The van der Waals surface area contributed by atoms with Gasteiger partial charge in [-0.3, -0.25) is 4.90 Å². The highest BCUT2D eigenvalue weighted by atomic mass is 16.3. The van der Waals surface area contributed by atoms with Crippen molar-refractivity contribution in [2.75, 3.05) is 13.1 Å². The molecule has 0 amide bonds. The molecule has 1 N–H and O–H groups in total. The molecular formula is C20H27NO. The van der Waals surface area contributed by atoms with E-state index in [1.54, 1.807) is 6.07 Å². The van der Waals surface area contributed by atoms with Gasteiger partial charge >= 0.3 is 0 Å². The first-order chi connectivity index (χ1) is 10.7. The largest absolute Gasteiger partial charge is 0.508 e. The van der Waals surface area contributed by atoms with Gasteiger partial charge in [0.05, 0.1) is 0 Å². The van der Waals surface area contributed by atoms with Crippen molar-refractivity contribution in [3.05, 3.63) is 35.4 Å². The Labute approximate surface area is 133 Å². The van der Waals surface area contributed by atoms with Gasteiger partial charge in [0.15, 0.2) is 0 Å². The molecule has 5 unspecified atom stereocenters. The zero-order valence-electron chi connectivity index (χ0n) is 13.8. The van der Waals surface area contributed by atoms with Crippen molar-refractivity contribution in [1.82, 2.24) is 4.90 Å². The van der Waals surface area contributed by atoms with Crippen LogP contribution in [0.2, 0.25) is 0 Å². The molecular weight excluding hydrogens is 270 g/mol. The summed E-state index contributed by atoms with van der Waals surface area (Å²) in [6.07, 6.45) is 7.84. The van der Waals surface area contributed by atoms with Gasteiger partial charge in [-0.1, -0.05) is 25.5 Å². The number of aryl methyl sites for hydroxylation is 1. The van der Waals surface area contributed by atoms with Gasteiger partial charge in [-0.25, -0.2) is 0 Å².